The second kappa shape index (κ2) is 6.34. The molecule has 0 aliphatic heterocycles. The van der Waals surface area contributed by atoms with Crippen LogP contribution < -0.4 is 10.6 Å². The van der Waals surface area contributed by atoms with E-state index in [0.29, 0.717) is 6.54 Å². The van der Waals surface area contributed by atoms with E-state index in [1.165, 1.54) is 17.7 Å². The normalized spacial score (nSPS) is 10.5. The molecular formula is C16H19FN2. The Labute approximate surface area is 113 Å². The lowest BCUT2D eigenvalue weighted by Crippen LogP contribution is -2.22. The van der Waals surface area contributed by atoms with Gasteiger partial charge in [0.25, 0.3) is 0 Å². The molecule has 0 radical (unpaired) electrons. The average Bonchev–Trinajstić information content (AvgIpc) is 2.45. The van der Waals surface area contributed by atoms with E-state index in [0.717, 1.165) is 24.2 Å². The molecule has 0 amide bonds. The SMILES string of the molecule is CN(CCc1ccccc1)c1ccc(F)cc1CN. The van der Waals surface area contributed by atoms with Crippen LogP contribution in [0.1, 0.15) is 11.1 Å². The standard InChI is InChI=1S/C16H19FN2/c1-19(10-9-13-5-3-2-4-6-13)16-8-7-15(17)11-14(16)12-18/h2-8,11H,9-10,12,18H2,1H3. The summed E-state index contributed by atoms with van der Waals surface area (Å²) < 4.78 is 13.2. The first-order chi connectivity index (χ1) is 9.20. The zero-order valence-corrected chi connectivity index (χ0v) is 11.1. The Morgan fingerprint density at radius 1 is 1.11 bits per heavy atom. The van der Waals surface area contributed by atoms with Crippen LogP contribution in [0.25, 0.3) is 0 Å². The van der Waals surface area contributed by atoms with Crippen LogP contribution in [-0.2, 0) is 13.0 Å². The van der Waals surface area contributed by atoms with Crippen molar-refractivity contribution >= 4 is 5.69 Å². The van der Waals surface area contributed by atoms with Gasteiger partial charge in [0.2, 0.25) is 0 Å². The van der Waals surface area contributed by atoms with Crippen molar-refractivity contribution in [2.24, 2.45) is 5.73 Å². The molecule has 0 bridgehead atoms. The molecule has 2 N–H and O–H groups in total. The monoisotopic (exact) mass is 258 g/mol. The van der Waals surface area contributed by atoms with E-state index >= 15 is 0 Å². The van der Waals surface area contributed by atoms with E-state index in [-0.39, 0.29) is 5.82 Å². The number of nitrogens with two attached hydrogens (primary N) is 1. The number of hydrogen-bond donors (Lipinski definition) is 1. The summed E-state index contributed by atoms with van der Waals surface area (Å²) in [5.74, 6) is -0.236. The molecule has 2 aromatic rings. The minimum Gasteiger partial charge on any atom is -0.374 e. The maximum absolute atomic E-state index is 13.2. The second-order valence-corrected chi connectivity index (χ2v) is 4.63. The van der Waals surface area contributed by atoms with E-state index in [2.05, 4.69) is 17.0 Å². The summed E-state index contributed by atoms with van der Waals surface area (Å²) in [5, 5.41) is 0. The Morgan fingerprint density at radius 2 is 1.84 bits per heavy atom. The van der Waals surface area contributed by atoms with Crippen LogP contribution in [0.5, 0.6) is 0 Å². The van der Waals surface area contributed by atoms with Gasteiger partial charge in [-0.05, 0) is 35.7 Å². The van der Waals surface area contributed by atoms with Crippen molar-refractivity contribution in [1.82, 2.24) is 0 Å². The van der Waals surface area contributed by atoms with Crippen LogP contribution >= 0.6 is 0 Å². The first-order valence-corrected chi connectivity index (χ1v) is 6.44. The Hall–Kier alpha value is -1.87. The Morgan fingerprint density at radius 3 is 2.53 bits per heavy atom. The molecule has 0 saturated heterocycles. The maximum atomic E-state index is 13.2. The minimum atomic E-state index is -0.236. The Bertz CT molecular complexity index is 526. The van der Waals surface area contributed by atoms with Crippen LogP contribution in [-0.4, -0.2) is 13.6 Å². The van der Waals surface area contributed by atoms with Crippen LogP contribution in [0.15, 0.2) is 48.5 Å². The van der Waals surface area contributed by atoms with Crippen LogP contribution in [0.3, 0.4) is 0 Å². The molecule has 0 fully saturated rings. The lowest BCUT2D eigenvalue weighted by Gasteiger charge is -2.22. The highest BCUT2D eigenvalue weighted by Crippen LogP contribution is 2.20. The number of likely N-dealkylation sites (N-methyl/N-ethyl adjacent to an activating group) is 1. The van der Waals surface area contributed by atoms with Gasteiger partial charge in [-0.2, -0.15) is 0 Å². The largest absolute Gasteiger partial charge is 0.374 e. The minimum absolute atomic E-state index is 0.236. The number of benzene rings is 2. The molecule has 0 aliphatic carbocycles. The fourth-order valence-corrected chi connectivity index (χ4v) is 2.15. The Balaban J connectivity index is 2.05. The van der Waals surface area contributed by atoms with Crippen molar-refractivity contribution in [1.29, 1.82) is 0 Å². The van der Waals surface area contributed by atoms with Gasteiger partial charge in [-0.1, -0.05) is 30.3 Å². The number of nitrogens with zero attached hydrogens (tertiary/aromatic N) is 1. The topological polar surface area (TPSA) is 29.3 Å². The van der Waals surface area contributed by atoms with Crippen molar-refractivity contribution in [3.05, 3.63) is 65.5 Å². The predicted molar refractivity (Wildman–Crippen MR) is 77.7 cm³/mol. The molecule has 19 heavy (non-hydrogen) atoms. The molecule has 2 rings (SSSR count). The van der Waals surface area contributed by atoms with Crippen LogP contribution in [0.4, 0.5) is 10.1 Å². The number of rotatable bonds is 5. The molecule has 0 atom stereocenters. The zero-order chi connectivity index (χ0) is 13.7. The van der Waals surface area contributed by atoms with Gasteiger partial charge in [0, 0.05) is 25.8 Å². The summed E-state index contributed by atoms with van der Waals surface area (Å²) in [6, 6.07) is 15.1. The van der Waals surface area contributed by atoms with E-state index in [4.69, 9.17) is 5.73 Å². The molecule has 0 spiro atoms. The molecule has 0 unspecified atom stereocenters. The summed E-state index contributed by atoms with van der Waals surface area (Å²) in [5.41, 5.74) is 8.81. The number of anilines is 1. The van der Waals surface area contributed by atoms with Gasteiger partial charge in [0.1, 0.15) is 5.82 Å². The fourth-order valence-electron chi connectivity index (χ4n) is 2.15. The highest BCUT2D eigenvalue weighted by atomic mass is 19.1. The van der Waals surface area contributed by atoms with E-state index in [9.17, 15) is 4.39 Å². The molecule has 100 valence electrons. The molecule has 0 heterocycles. The van der Waals surface area contributed by atoms with E-state index in [1.807, 2.05) is 25.2 Å². The second-order valence-electron chi connectivity index (χ2n) is 4.63. The molecule has 0 saturated carbocycles. The number of hydrogen-bond acceptors (Lipinski definition) is 2. The van der Waals surface area contributed by atoms with Crippen LogP contribution in [0, 0.1) is 5.82 Å². The third-order valence-corrected chi connectivity index (χ3v) is 3.25. The molecular weight excluding hydrogens is 239 g/mol. The van der Waals surface area contributed by atoms with E-state index < -0.39 is 0 Å². The predicted octanol–water partition coefficient (Wildman–Crippen LogP) is 2.96. The smallest absolute Gasteiger partial charge is 0.123 e. The van der Waals surface area contributed by atoms with E-state index in [1.54, 1.807) is 6.07 Å². The van der Waals surface area contributed by atoms with Gasteiger partial charge in [0.05, 0.1) is 0 Å². The van der Waals surface area contributed by atoms with Crippen molar-refractivity contribution in [3.8, 4) is 0 Å². The first kappa shape index (κ1) is 13.6. The zero-order valence-electron chi connectivity index (χ0n) is 11.1. The van der Waals surface area contributed by atoms with Gasteiger partial charge >= 0.3 is 0 Å². The van der Waals surface area contributed by atoms with Crippen molar-refractivity contribution in [2.45, 2.75) is 13.0 Å². The van der Waals surface area contributed by atoms with Gasteiger partial charge in [-0.15, -0.1) is 0 Å². The average molecular weight is 258 g/mol. The van der Waals surface area contributed by atoms with Crippen molar-refractivity contribution < 1.29 is 4.39 Å². The van der Waals surface area contributed by atoms with Gasteiger partial charge < -0.3 is 10.6 Å². The third-order valence-electron chi connectivity index (χ3n) is 3.25. The highest BCUT2D eigenvalue weighted by Gasteiger charge is 2.07. The first-order valence-electron chi connectivity index (χ1n) is 6.44. The summed E-state index contributed by atoms with van der Waals surface area (Å²) in [4.78, 5) is 2.12. The van der Waals surface area contributed by atoms with Gasteiger partial charge in [-0.3, -0.25) is 0 Å². The third kappa shape index (κ3) is 3.55. The molecule has 0 aliphatic rings. The van der Waals surface area contributed by atoms with Crippen molar-refractivity contribution in [3.63, 3.8) is 0 Å². The maximum Gasteiger partial charge on any atom is 0.123 e. The van der Waals surface area contributed by atoms with Crippen molar-refractivity contribution in [2.75, 3.05) is 18.5 Å². The van der Waals surface area contributed by atoms with Gasteiger partial charge in [-0.25, -0.2) is 4.39 Å². The summed E-state index contributed by atoms with van der Waals surface area (Å²) in [6.07, 6.45) is 0.957. The highest BCUT2D eigenvalue weighted by molar-refractivity contribution is 5.53. The molecule has 0 aromatic heterocycles. The van der Waals surface area contributed by atoms with Crippen LogP contribution in [0.2, 0.25) is 0 Å². The summed E-state index contributed by atoms with van der Waals surface area (Å²) in [6.45, 7) is 1.23. The molecule has 2 nitrogen and oxygen atoms in total. The quantitative estimate of drug-likeness (QED) is 0.893. The summed E-state index contributed by atoms with van der Waals surface area (Å²) >= 11 is 0. The fraction of sp³-hybridized carbons (Fsp3) is 0.250. The number of halogens is 1. The summed E-state index contributed by atoms with van der Waals surface area (Å²) in [7, 11) is 2.01. The molecule has 3 heteroatoms. The Kier molecular flexibility index (Phi) is 4.53. The lowest BCUT2D eigenvalue weighted by atomic mass is 10.1. The lowest BCUT2D eigenvalue weighted by molar-refractivity contribution is 0.625. The molecule has 2 aromatic carbocycles. The van der Waals surface area contributed by atoms with Gasteiger partial charge in [0.15, 0.2) is 0 Å².